The molecule has 4 unspecified atom stereocenters. The van der Waals surface area contributed by atoms with E-state index < -0.39 is 121 Å². The van der Waals surface area contributed by atoms with Crippen molar-refractivity contribution in [3.63, 3.8) is 0 Å². The van der Waals surface area contributed by atoms with Crippen molar-refractivity contribution in [2.75, 3.05) is 38.6 Å². The summed E-state index contributed by atoms with van der Waals surface area (Å²) in [5, 5.41) is 80.1. The van der Waals surface area contributed by atoms with Gasteiger partial charge >= 0.3 is 0 Å². The molecule has 4 saturated heterocycles. The van der Waals surface area contributed by atoms with Gasteiger partial charge in [0.25, 0.3) is 0 Å². The molecule has 12 aromatic rings. The predicted molar refractivity (Wildman–Crippen MR) is 472 cm³/mol. The van der Waals surface area contributed by atoms with E-state index in [1.807, 2.05) is 6.07 Å². The first-order valence-corrected chi connectivity index (χ1v) is 46.4. The van der Waals surface area contributed by atoms with Crippen molar-refractivity contribution < 1.29 is 106 Å². The molecule has 11 atom stereocenters. The number of rotatable bonds is 27. The molecule has 0 aliphatic carbocycles. The Balaban J connectivity index is 0.000000144. The van der Waals surface area contributed by atoms with E-state index in [4.69, 9.17) is 14.2 Å². The number of phenolic OH excluding ortho intramolecular Hbond substituents is 5. The van der Waals surface area contributed by atoms with E-state index in [9.17, 15) is 92.1 Å². The van der Waals surface area contributed by atoms with Crippen LogP contribution < -0.4 is 31.4 Å². The smallest absolute Gasteiger partial charge is 0.241 e. The molecular weight excluding hydrogens is 1710 g/mol. The molecule has 23 nitrogen and oxygen atoms in total. The Kier molecular flexibility index (Phi) is 28.6. The first kappa shape index (κ1) is 91.3. The van der Waals surface area contributed by atoms with Gasteiger partial charge in [-0.2, -0.15) is 0 Å². The summed E-state index contributed by atoms with van der Waals surface area (Å²) in [5.74, 6) is -0.548. The molecular formula is C95H94F4N4O19S4. The zero-order valence-electron chi connectivity index (χ0n) is 68.4. The maximum Gasteiger partial charge on any atom is 0.241 e. The fraction of sp³-hybridized carbons (Fsp3) is 0.242. The summed E-state index contributed by atoms with van der Waals surface area (Å²) in [6.45, 7) is 0. The van der Waals surface area contributed by atoms with Gasteiger partial charge in [-0.15, -0.1) is 0 Å². The number of sulfonamides is 4. The van der Waals surface area contributed by atoms with Crippen molar-refractivity contribution in [3.05, 3.63) is 359 Å². The minimum Gasteiger partial charge on any atom is -0.508 e. The molecule has 16 rings (SSSR count). The van der Waals surface area contributed by atoms with Gasteiger partial charge in [0.05, 0.1) is 86.6 Å². The number of para-hydroxylation sites is 4. The lowest BCUT2D eigenvalue weighted by atomic mass is 9.95. The fourth-order valence-corrected chi connectivity index (χ4v) is 25.0. The number of aliphatic hydroxyl groups excluding tert-OH is 3. The molecule has 4 heterocycles. The van der Waals surface area contributed by atoms with Crippen LogP contribution >= 0.6 is 0 Å². The minimum absolute atomic E-state index is 0.00344. The lowest BCUT2D eigenvalue weighted by molar-refractivity contribution is 0.161. The molecule has 126 heavy (non-hydrogen) atoms. The molecule has 8 N–H and O–H groups in total. The van der Waals surface area contributed by atoms with Crippen LogP contribution in [0.15, 0.2) is 291 Å². The Bertz CT molecular complexity index is 5970. The number of phenols is 5. The molecule has 4 fully saturated rings. The highest BCUT2D eigenvalue weighted by Crippen LogP contribution is 2.55. The van der Waals surface area contributed by atoms with Crippen molar-refractivity contribution >= 4 is 62.8 Å². The first-order valence-electron chi connectivity index (χ1n) is 40.4. The number of aromatic hydroxyl groups is 5. The van der Waals surface area contributed by atoms with E-state index in [0.29, 0.717) is 98.2 Å². The maximum absolute atomic E-state index is 13.2. The van der Waals surface area contributed by atoms with Gasteiger partial charge in [-0.25, -0.2) is 51.2 Å². The average molecular weight is 1800 g/mol. The quantitative estimate of drug-likeness (QED) is 0.0222. The van der Waals surface area contributed by atoms with E-state index in [2.05, 4.69) is 0 Å². The van der Waals surface area contributed by atoms with E-state index in [1.165, 1.54) is 160 Å². The molecule has 12 aromatic carbocycles. The summed E-state index contributed by atoms with van der Waals surface area (Å²) in [5.41, 5.74) is 6.39. The molecule has 4 aliphatic rings. The summed E-state index contributed by atoms with van der Waals surface area (Å²) >= 11 is 0. The number of methoxy groups -OCH3 is 3. The van der Waals surface area contributed by atoms with Gasteiger partial charge in [0, 0.05) is 46.5 Å². The average Bonchev–Trinajstić information content (AvgIpc) is 0.724. The largest absolute Gasteiger partial charge is 0.508 e. The number of ether oxygens (including phenoxy) is 3. The molecule has 0 saturated carbocycles. The van der Waals surface area contributed by atoms with Crippen molar-refractivity contribution in [1.82, 2.24) is 0 Å². The van der Waals surface area contributed by atoms with Crippen LogP contribution in [0, 0.1) is 23.3 Å². The molecule has 0 bridgehead atoms. The van der Waals surface area contributed by atoms with Gasteiger partial charge in [-0.1, -0.05) is 121 Å². The second-order valence-electron chi connectivity index (χ2n) is 30.6. The van der Waals surface area contributed by atoms with Crippen LogP contribution in [0.1, 0.15) is 138 Å². The van der Waals surface area contributed by atoms with E-state index in [1.54, 1.807) is 164 Å². The molecule has 0 amide bonds. The lowest BCUT2D eigenvalue weighted by Crippen LogP contribution is -2.58. The number of anilines is 4. The highest BCUT2D eigenvalue weighted by Gasteiger charge is 2.59. The highest BCUT2D eigenvalue weighted by molar-refractivity contribution is 7.96. The SMILES string of the molecule is COc1ccc([C@@H]2[C@H](CCC(O)c3ccc(F)cc3)S(=O)(=O)N2c2ccccc2)c(O)c1.COc1ccc([C@@H]2[C@H](CCCc3ccc(F)cc3)S(=O)(=O)N2c2ccccc2)c(O)c1.COc1ccc([C@@H]2[C@H](CC[C@H](O)c3ccc(F)cc3)S(=O)(=O)N2c2ccccc2)c(O)c1.O=S1(=O)C(CCC(O)c2ccc(F)cc2)C(c2ccc(O)cc2O)N1c1ccccc1. The normalized spacial score (nSPS) is 20.3. The molecule has 0 radical (unpaired) electrons. The van der Waals surface area contributed by atoms with Gasteiger partial charge in [0.2, 0.25) is 40.1 Å². The van der Waals surface area contributed by atoms with Gasteiger partial charge in [0.1, 0.15) is 90.3 Å². The fourth-order valence-electron chi connectivity index (χ4n) is 16.5. The van der Waals surface area contributed by atoms with Gasteiger partial charge < -0.3 is 55.1 Å². The zero-order chi connectivity index (χ0) is 89.9. The third-order valence-electron chi connectivity index (χ3n) is 22.9. The van der Waals surface area contributed by atoms with Gasteiger partial charge in [0.15, 0.2) is 0 Å². The third-order valence-corrected chi connectivity index (χ3v) is 31.9. The van der Waals surface area contributed by atoms with E-state index >= 15 is 0 Å². The number of nitrogens with zero attached hydrogens (tertiary/aromatic N) is 4. The summed E-state index contributed by atoms with van der Waals surface area (Å²) in [6.07, 6.45) is -0.136. The number of aliphatic hydroxyl groups is 3. The summed E-state index contributed by atoms with van der Waals surface area (Å²) in [7, 11) is -10.3. The third kappa shape index (κ3) is 19.8. The van der Waals surface area contributed by atoms with E-state index in [0.717, 1.165) is 5.56 Å². The van der Waals surface area contributed by atoms with Crippen molar-refractivity contribution in [1.29, 1.82) is 0 Å². The number of halogens is 4. The zero-order valence-corrected chi connectivity index (χ0v) is 71.7. The highest BCUT2D eigenvalue weighted by atomic mass is 32.2. The Morgan fingerprint density at radius 3 is 0.786 bits per heavy atom. The van der Waals surface area contributed by atoms with Crippen molar-refractivity contribution in [2.45, 2.75) is 121 Å². The van der Waals surface area contributed by atoms with Gasteiger partial charge in [-0.05, 0) is 226 Å². The molecule has 660 valence electrons. The molecule has 0 spiro atoms. The second kappa shape index (κ2) is 39.5. The standard InChI is InChI=1S/2C24H24FNO5S.C24H24FNO4S.C23H22FNO5S/c2*1-31-19-11-12-20(22(28)15-19)24-23(14-13-21(27)16-7-9-17(25)10-8-16)32(29,30)26(24)18-5-3-2-4-6-18;1-30-20-14-15-21(22(27)16-20)24-23(9-5-6-17-10-12-18(25)13-11-17)31(28,29)26(24)19-7-3-2-4-8-19;24-16-8-6-15(7-9-16)20(27)12-13-22-23(19-11-10-18(26)14-21(19)28)25(31(22,29)30)17-4-2-1-3-5-17/h2*2-12,15,21,23-24,27-28H,13-14H2,1H3;2-4,7-8,10-16,23-24,27H,5-6,9H2,1H3;1-11,14,20,22-23,26-28H,12-13H2/t21?,23-,24+;21-,23-,24+;23-,24+;/m000./s1. The van der Waals surface area contributed by atoms with Crippen LogP contribution in [0.5, 0.6) is 46.0 Å². The van der Waals surface area contributed by atoms with Crippen molar-refractivity contribution in [3.8, 4) is 46.0 Å². The van der Waals surface area contributed by atoms with Crippen LogP contribution in [-0.2, 0) is 46.5 Å². The van der Waals surface area contributed by atoms with Crippen LogP contribution in [0.25, 0.3) is 0 Å². The van der Waals surface area contributed by atoms with Crippen LogP contribution in [-0.4, -0.2) is 117 Å². The van der Waals surface area contributed by atoms with Gasteiger partial charge in [-0.3, -0.25) is 17.2 Å². The number of benzene rings is 12. The lowest BCUT2D eigenvalue weighted by Gasteiger charge is -2.48. The minimum atomic E-state index is -3.74. The topological polar surface area (TPSA) is 339 Å². The summed E-state index contributed by atoms with van der Waals surface area (Å²) in [6, 6.07) is 73.7. The second-order valence-corrected chi connectivity index (χ2v) is 38.7. The van der Waals surface area contributed by atoms with Crippen LogP contribution in [0.4, 0.5) is 40.3 Å². The maximum atomic E-state index is 13.2. The van der Waals surface area contributed by atoms with E-state index in [-0.39, 0.29) is 73.1 Å². The molecule has 4 aliphatic heterocycles. The first-order chi connectivity index (χ1) is 60.3. The van der Waals surface area contributed by atoms with Crippen LogP contribution in [0.2, 0.25) is 0 Å². The molecule has 31 heteroatoms. The van der Waals surface area contributed by atoms with Crippen molar-refractivity contribution in [2.24, 2.45) is 0 Å². The molecule has 0 aromatic heterocycles. The Morgan fingerprint density at radius 1 is 0.302 bits per heavy atom. The number of aryl methyl sites for hydroxylation is 1. The summed E-state index contributed by atoms with van der Waals surface area (Å²) < 4.78 is 179. The Hall–Kier alpha value is -12.4. The predicted octanol–water partition coefficient (Wildman–Crippen LogP) is 17.5. The number of hydrogen-bond acceptors (Lipinski definition) is 19. The monoisotopic (exact) mass is 1800 g/mol. The Morgan fingerprint density at radius 2 is 0.540 bits per heavy atom. The Labute approximate surface area is 729 Å². The number of hydrogen-bond donors (Lipinski definition) is 8. The summed E-state index contributed by atoms with van der Waals surface area (Å²) in [4.78, 5) is 0. The van der Waals surface area contributed by atoms with Crippen LogP contribution in [0.3, 0.4) is 0 Å².